The van der Waals surface area contributed by atoms with Gasteiger partial charge in [-0.25, -0.2) is 0 Å². The first-order valence-electron chi connectivity index (χ1n) is 6.85. The van der Waals surface area contributed by atoms with Gasteiger partial charge in [-0.15, -0.1) is 0 Å². The van der Waals surface area contributed by atoms with Gasteiger partial charge in [-0.2, -0.15) is 0 Å². The lowest BCUT2D eigenvalue weighted by Gasteiger charge is -2.15. The Morgan fingerprint density at radius 1 is 1.35 bits per heavy atom. The molecule has 1 aromatic rings. The molecule has 1 saturated heterocycles. The first kappa shape index (κ1) is 12.4. The maximum atomic E-state index is 5.94. The average molecular weight is 232 g/mol. The Kier molecular flexibility index (Phi) is 4.43. The summed E-state index contributed by atoms with van der Waals surface area (Å²) in [6, 6.07) is 8.23. The molecule has 2 rings (SSSR count). The van der Waals surface area contributed by atoms with Crippen LogP contribution in [0.3, 0.4) is 0 Å². The van der Waals surface area contributed by atoms with Crippen molar-refractivity contribution in [2.75, 3.05) is 25.4 Å². The lowest BCUT2D eigenvalue weighted by molar-refractivity contribution is 0.318. The first-order chi connectivity index (χ1) is 8.29. The van der Waals surface area contributed by atoms with Crippen LogP contribution in [0.4, 0.5) is 5.69 Å². The molecule has 0 aliphatic carbocycles. The number of para-hydroxylation sites is 1. The maximum Gasteiger partial charge on any atom is 0.0346 e. The zero-order valence-corrected chi connectivity index (χ0v) is 10.9. The van der Waals surface area contributed by atoms with Gasteiger partial charge in [-0.1, -0.05) is 31.5 Å². The van der Waals surface area contributed by atoms with Crippen molar-refractivity contribution in [3.8, 4) is 0 Å². The first-order valence-corrected chi connectivity index (χ1v) is 6.85. The van der Waals surface area contributed by atoms with E-state index in [4.69, 9.17) is 5.73 Å². The number of hydrogen-bond donors (Lipinski definition) is 1. The van der Waals surface area contributed by atoms with E-state index in [0.717, 1.165) is 18.0 Å². The van der Waals surface area contributed by atoms with Crippen LogP contribution in [0.25, 0.3) is 0 Å². The van der Waals surface area contributed by atoms with Crippen molar-refractivity contribution >= 4 is 5.69 Å². The molecule has 1 aliphatic rings. The van der Waals surface area contributed by atoms with Crippen LogP contribution in [0.5, 0.6) is 0 Å². The smallest absolute Gasteiger partial charge is 0.0346 e. The number of anilines is 1. The van der Waals surface area contributed by atoms with Gasteiger partial charge in [0.1, 0.15) is 0 Å². The van der Waals surface area contributed by atoms with E-state index >= 15 is 0 Å². The highest BCUT2D eigenvalue weighted by atomic mass is 15.1. The van der Waals surface area contributed by atoms with Gasteiger partial charge < -0.3 is 10.6 Å². The van der Waals surface area contributed by atoms with E-state index in [1.54, 1.807) is 0 Å². The number of rotatable bonds is 5. The lowest BCUT2D eigenvalue weighted by atomic mass is 10.1. The molecule has 2 N–H and O–H groups in total. The van der Waals surface area contributed by atoms with Gasteiger partial charge in [0.25, 0.3) is 0 Å². The molecule has 0 amide bonds. The second kappa shape index (κ2) is 6.06. The summed E-state index contributed by atoms with van der Waals surface area (Å²) in [5.41, 5.74) is 8.19. The van der Waals surface area contributed by atoms with Gasteiger partial charge >= 0.3 is 0 Å². The predicted molar refractivity (Wildman–Crippen MR) is 74.0 cm³/mol. The number of hydrogen-bond acceptors (Lipinski definition) is 2. The summed E-state index contributed by atoms with van der Waals surface area (Å²) in [7, 11) is 0. The third-order valence-electron chi connectivity index (χ3n) is 3.92. The van der Waals surface area contributed by atoms with Crippen LogP contribution in [-0.4, -0.2) is 24.5 Å². The highest BCUT2D eigenvalue weighted by Crippen LogP contribution is 2.20. The molecule has 0 aromatic heterocycles. The maximum absolute atomic E-state index is 5.94. The van der Waals surface area contributed by atoms with Crippen molar-refractivity contribution in [2.24, 2.45) is 5.92 Å². The molecule has 0 bridgehead atoms. The van der Waals surface area contributed by atoms with E-state index in [1.807, 2.05) is 12.1 Å². The van der Waals surface area contributed by atoms with Gasteiger partial charge in [-0.3, -0.25) is 0 Å². The van der Waals surface area contributed by atoms with Crippen molar-refractivity contribution in [3.63, 3.8) is 0 Å². The Morgan fingerprint density at radius 2 is 2.18 bits per heavy atom. The van der Waals surface area contributed by atoms with Crippen LogP contribution in [-0.2, 0) is 6.42 Å². The van der Waals surface area contributed by atoms with Gasteiger partial charge in [0.15, 0.2) is 0 Å². The molecule has 1 unspecified atom stereocenters. The van der Waals surface area contributed by atoms with Crippen LogP contribution < -0.4 is 5.73 Å². The molecule has 2 nitrogen and oxygen atoms in total. The summed E-state index contributed by atoms with van der Waals surface area (Å²) < 4.78 is 0. The van der Waals surface area contributed by atoms with E-state index in [0.29, 0.717) is 0 Å². The van der Waals surface area contributed by atoms with Crippen molar-refractivity contribution in [3.05, 3.63) is 29.8 Å². The number of nitrogens with zero attached hydrogens (tertiary/aromatic N) is 1. The fourth-order valence-electron chi connectivity index (χ4n) is 2.70. The monoisotopic (exact) mass is 232 g/mol. The summed E-state index contributed by atoms with van der Waals surface area (Å²) in [5, 5.41) is 0. The zero-order chi connectivity index (χ0) is 12.1. The molecule has 1 atom stereocenters. The molecule has 1 aliphatic heterocycles. The zero-order valence-electron chi connectivity index (χ0n) is 10.9. The molecule has 17 heavy (non-hydrogen) atoms. The Bertz CT molecular complexity index is 349. The number of likely N-dealkylation sites (tertiary alicyclic amines) is 1. The van der Waals surface area contributed by atoms with E-state index in [1.165, 1.54) is 44.5 Å². The number of benzene rings is 1. The number of nitrogens with two attached hydrogens (primary N) is 1. The molecule has 1 fully saturated rings. The lowest BCUT2D eigenvalue weighted by Crippen LogP contribution is -2.22. The molecular weight excluding hydrogens is 208 g/mol. The standard InChI is InChI=1S/C15H24N2/c1-2-13-9-11-17(12-13)10-5-7-14-6-3-4-8-15(14)16/h3-4,6,8,13H,2,5,7,9-12,16H2,1H3. The highest BCUT2D eigenvalue weighted by molar-refractivity contribution is 5.46. The van der Waals surface area contributed by atoms with Crippen molar-refractivity contribution in [2.45, 2.75) is 32.6 Å². The number of aryl methyl sites for hydroxylation is 1. The third kappa shape index (κ3) is 3.47. The minimum Gasteiger partial charge on any atom is -0.399 e. The second-order valence-corrected chi connectivity index (χ2v) is 5.17. The summed E-state index contributed by atoms with van der Waals surface area (Å²) in [4.78, 5) is 2.60. The molecule has 2 heteroatoms. The quantitative estimate of drug-likeness (QED) is 0.791. The van der Waals surface area contributed by atoms with Crippen molar-refractivity contribution < 1.29 is 0 Å². The largest absolute Gasteiger partial charge is 0.399 e. The van der Waals surface area contributed by atoms with Gasteiger partial charge in [0, 0.05) is 12.2 Å². The van der Waals surface area contributed by atoms with Crippen LogP contribution in [0.2, 0.25) is 0 Å². The average Bonchev–Trinajstić information content (AvgIpc) is 2.80. The molecule has 1 aromatic carbocycles. The molecular formula is C15H24N2. The minimum atomic E-state index is 0.941. The third-order valence-corrected chi connectivity index (χ3v) is 3.92. The Hall–Kier alpha value is -1.02. The molecule has 1 heterocycles. The SMILES string of the molecule is CCC1CCN(CCCc2ccccc2N)C1. The van der Waals surface area contributed by atoms with Crippen molar-refractivity contribution in [1.29, 1.82) is 0 Å². The highest BCUT2D eigenvalue weighted by Gasteiger charge is 2.19. The van der Waals surface area contributed by atoms with E-state index in [9.17, 15) is 0 Å². The van der Waals surface area contributed by atoms with Gasteiger partial charge in [0.05, 0.1) is 0 Å². The second-order valence-electron chi connectivity index (χ2n) is 5.17. The van der Waals surface area contributed by atoms with Crippen LogP contribution in [0.1, 0.15) is 31.7 Å². The predicted octanol–water partition coefficient (Wildman–Crippen LogP) is 2.93. The van der Waals surface area contributed by atoms with Crippen LogP contribution >= 0.6 is 0 Å². The Labute approximate surface area is 105 Å². The van der Waals surface area contributed by atoms with E-state index in [-0.39, 0.29) is 0 Å². The van der Waals surface area contributed by atoms with Gasteiger partial charge in [0.2, 0.25) is 0 Å². The topological polar surface area (TPSA) is 29.3 Å². The summed E-state index contributed by atoms with van der Waals surface area (Å²) >= 11 is 0. The Balaban J connectivity index is 1.72. The van der Waals surface area contributed by atoms with E-state index < -0.39 is 0 Å². The summed E-state index contributed by atoms with van der Waals surface area (Å²) in [6.07, 6.45) is 5.07. The van der Waals surface area contributed by atoms with Crippen LogP contribution in [0, 0.1) is 5.92 Å². The normalized spacial score (nSPS) is 20.9. The molecule has 0 spiro atoms. The molecule has 0 radical (unpaired) electrons. The van der Waals surface area contributed by atoms with Crippen LogP contribution in [0.15, 0.2) is 24.3 Å². The molecule has 0 saturated carbocycles. The van der Waals surface area contributed by atoms with Crippen molar-refractivity contribution in [1.82, 2.24) is 4.90 Å². The van der Waals surface area contributed by atoms with E-state index in [2.05, 4.69) is 24.0 Å². The molecule has 94 valence electrons. The number of nitrogen functional groups attached to an aromatic ring is 1. The Morgan fingerprint density at radius 3 is 2.88 bits per heavy atom. The van der Waals surface area contributed by atoms with Gasteiger partial charge in [-0.05, 0) is 49.9 Å². The summed E-state index contributed by atoms with van der Waals surface area (Å²) in [6.45, 7) is 6.13. The summed E-state index contributed by atoms with van der Waals surface area (Å²) in [5.74, 6) is 0.941. The fourth-order valence-corrected chi connectivity index (χ4v) is 2.70. The minimum absolute atomic E-state index is 0.941. The fraction of sp³-hybridized carbons (Fsp3) is 0.600.